The summed E-state index contributed by atoms with van der Waals surface area (Å²) in [6, 6.07) is 4.95. The summed E-state index contributed by atoms with van der Waals surface area (Å²) in [6.45, 7) is 0.738. The number of rotatable bonds is 6. The maximum atomic E-state index is 13.1. The van der Waals surface area contributed by atoms with Gasteiger partial charge in [-0.15, -0.1) is 0 Å². The number of thiocarbonyl (C=S) groups is 1. The van der Waals surface area contributed by atoms with E-state index in [-0.39, 0.29) is 10.9 Å². The minimum absolute atomic E-state index is 0.0526. The van der Waals surface area contributed by atoms with Crippen molar-refractivity contribution in [2.75, 3.05) is 11.9 Å². The molecule has 1 saturated carbocycles. The summed E-state index contributed by atoms with van der Waals surface area (Å²) in [4.78, 5) is 0. The Kier molecular flexibility index (Phi) is 6.64. The lowest BCUT2D eigenvalue weighted by molar-refractivity contribution is -0.141. The normalized spacial score (nSPS) is 14.2. The first-order valence-electron chi connectivity index (χ1n) is 8.50. The number of anilines is 1. The van der Waals surface area contributed by atoms with Crippen molar-refractivity contribution in [3.05, 3.63) is 44.7 Å². The molecule has 0 saturated heterocycles. The molecule has 1 aromatic heterocycles. The number of hydrogen-bond acceptors (Lipinski definition) is 2. The van der Waals surface area contributed by atoms with Crippen molar-refractivity contribution in [2.45, 2.75) is 37.9 Å². The first kappa shape index (κ1) is 21.5. The van der Waals surface area contributed by atoms with Gasteiger partial charge >= 0.3 is 6.18 Å². The van der Waals surface area contributed by atoms with Crippen LogP contribution in [0.2, 0.25) is 15.1 Å². The van der Waals surface area contributed by atoms with E-state index in [1.54, 1.807) is 18.2 Å². The Balaban J connectivity index is 1.55. The number of alkyl halides is 3. The van der Waals surface area contributed by atoms with Gasteiger partial charge in [-0.1, -0.05) is 34.8 Å². The van der Waals surface area contributed by atoms with E-state index in [0.29, 0.717) is 46.0 Å². The van der Waals surface area contributed by atoms with Crippen molar-refractivity contribution < 1.29 is 13.2 Å². The molecule has 28 heavy (non-hydrogen) atoms. The van der Waals surface area contributed by atoms with Gasteiger partial charge in [0.15, 0.2) is 10.8 Å². The van der Waals surface area contributed by atoms with E-state index in [2.05, 4.69) is 15.7 Å². The minimum Gasteiger partial charge on any atom is -0.362 e. The van der Waals surface area contributed by atoms with Crippen molar-refractivity contribution >= 4 is 57.8 Å². The fourth-order valence-electron chi connectivity index (χ4n) is 2.74. The highest BCUT2D eigenvalue weighted by Crippen LogP contribution is 2.46. The van der Waals surface area contributed by atoms with Crippen LogP contribution in [-0.2, 0) is 12.7 Å². The molecule has 4 nitrogen and oxygen atoms in total. The maximum absolute atomic E-state index is 13.1. The highest BCUT2D eigenvalue weighted by Gasteiger charge is 2.41. The van der Waals surface area contributed by atoms with Gasteiger partial charge in [0.25, 0.3) is 0 Å². The molecule has 1 aliphatic rings. The average molecular weight is 472 g/mol. The molecule has 0 spiro atoms. The van der Waals surface area contributed by atoms with Crippen LogP contribution >= 0.6 is 47.0 Å². The lowest BCUT2D eigenvalue weighted by Gasteiger charge is -2.12. The van der Waals surface area contributed by atoms with Crippen LogP contribution in [0.1, 0.15) is 36.6 Å². The molecule has 0 aliphatic heterocycles. The summed E-state index contributed by atoms with van der Waals surface area (Å²) in [5.41, 5.74) is 0.0218. The zero-order valence-corrected chi connectivity index (χ0v) is 17.5. The standard InChI is InChI=1S/C17H16Cl3F3N4S/c18-10-4-5-11(19)12(8-10)25-16(28)24-6-1-7-27-14(9-2-3-9)13(20)15(26-27)17(21,22)23/h4-5,8-9H,1-3,6-7H2,(H2,24,25,28). The molecular weight excluding hydrogens is 456 g/mol. The third-order valence-corrected chi connectivity index (χ3v) is 5.36. The second-order valence-corrected chi connectivity index (χ2v) is 8.03. The third-order valence-electron chi connectivity index (χ3n) is 4.17. The van der Waals surface area contributed by atoms with E-state index in [0.717, 1.165) is 12.8 Å². The van der Waals surface area contributed by atoms with Crippen LogP contribution in [0.15, 0.2) is 18.2 Å². The summed E-state index contributed by atoms with van der Waals surface area (Å²) >= 11 is 23.1. The highest BCUT2D eigenvalue weighted by molar-refractivity contribution is 7.80. The number of aryl methyl sites for hydroxylation is 1. The van der Waals surface area contributed by atoms with Gasteiger partial charge in [0.1, 0.15) is 0 Å². The number of nitrogens with one attached hydrogen (secondary N) is 2. The highest BCUT2D eigenvalue weighted by atomic mass is 35.5. The molecule has 0 radical (unpaired) electrons. The lowest BCUT2D eigenvalue weighted by Crippen LogP contribution is -2.30. The topological polar surface area (TPSA) is 41.9 Å². The lowest BCUT2D eigenvalue weighted by atomic mass is 10.2. The van der Waals surface area contributed by atoms with Crippen molar-refractivity contribution in [3.63, 3.8) is 0 Å². The second kappa shape index (κ2) is 8.65. The van der Waals surface area contributed by atoms with Crippen LogP contribution in [0.3, 0.4) is 0 Å². The maximum Gasteiger partial charge on any atom is 0.436 e. The molecule has 1 aromatic carbocycles. The van der Waals surface area contributed by atoms with E-state index >= 15 is 0 Å². The fourth-order valence-corrected chi connectivity index (χ4v) is 3.69. The number of hydrogen-bond donors (Lipinski definition) is 2. The van der Waals surface area contributed by atoms with Gasteiger partial charge in [-0.3, -0.25) is 4.68 Å². The molecule has 2 N–H and O–H groups in total. The predicted octanol–water partition coefficient (Wildman–Crippen LogP) is 6.12. The second-order valence-electron chi connectivity index (χ2n) is 6.40. The first-order chi connectivity index (χ1) is 13.2. The van der Waals surface area contributed by atoms with Gasteiger partial charge < -0.3 is 10.6 Å². The van der Waals surface area contributed by atoms with E-state index < -0.39 is 11.9 Å². The Labute approximate surface area is 180 Å². The SMILES string of the molecule is FC(F)(F)c1nn(CCCNC(=S)Nc2cc(Cl)ccc2Cl)c(C2CC2)c1Cl. The minimum atomic E-state index is -4.56. The Morgan fingerprint density at radius 1 is 1.25 bits per heavy atom. The third kappa shape index (κ3) is 5.23. The predicted molar refractivity (Wildman–Crippen MR) is 110 cm³/mol. The van der Waals surface area contributed by atoms with Crippen molar-refractivity contribution in [3.8, 4) is 0 Å². The molecule has 2 aromatic rings. The van der Waals surface area contributed by atoms with Crippen molar-refractivity contribution in [2.24, 2.45) is 0 Å². The molecule has 0 atom stereocenters. The van der Waals surface area contributed by atoms with Gasteiger partial charge in [-0.05, 0) is 49.7 Å². The summed E-state index contributed by atoms with van der Waals surface area (Å²) in [5, 5.41) is 10.7. The van der Waals surface area contributed by atoms with Crippen LogP contribution in [0.4, 0.5) is 18.9 Å². The van der Waals surface area contributed by atoms with Gasteiger partial charge in [0.2, 0.25) is 0 Å². The molecule has 0 bridgehead atoms. The number of halogens is 6. The number of aromatic nitrogens is 2. The molecular formula is C17H16Cl3F3N4S. The summed E-state index contributed by atoms with van der Waals surface area (Å²) in [7, 11) is 0. The fraction of sp³-hybridized carbons (Fsp3) is 0.412. The van der Waals surface area contributed by atoms with Gasteiger partial charge in [-0.25, -0.2) is 0 Å². The van der Waals surface area contributed by atoms with Crippen molar-refractivity contribution in [1.29, 1.82) is 0 Å². The van der Waals surface area contributed by atoms with Gasteiger partial charge in [0, 0.05) is 24.0 Å². The zero-order valence-electron chi connectivity index (χ0n) is 14.4. The Morgan fingerprint density at radius 3 is 2.61 bits per heavy atom. The summed E-state index contributed by atoms with van der Waals surface area (Å²) < 4.78 is 40.6. The number of benzene rings is 1. The van der Waals surface area contributed by atoms with Gasteiger partial charge in [-0.2, -0.15) is 18.3 Å². The zero-order chi connectivity index (χ0) is 20.5. The molecule has 0 amide bonds. The van der Waals surface area contributed by atoms with Crippen molar-refractivity contribution in [1.82, 2.24) is 15.1 Å². The molecule has 1 fully saturated rings. The molecule has 1 aliphatic carbocycles. The Bertz CT molecular complexity index is 881. The van der Waals surface area contributed by atoms with E-state index in [1.807, 2.05) is 0 Å². The Morgan fingerprint density at radius 2 is 1.96 bits per heavy atom. The van der Waals surface area contributed by atoms with E-state index in [4.69, 9.17) is 47.0 Å². The monoisotopic (exact) mass is 470 g/mol. The molecule has 1 heterocycles. The number of nitrogens with zero attached hydrogens (tertiary/aromatic N) is 2. The summed E-state index contributed by atoms with van der Waals surface area (Å²) in [5.74, 6) is 0.0526. The Hall–Kier alpha value is -1.22. The first-order valence-corrected chi connectivity index (χ1v) is 10.0. The summed E-state index contributed by atoms with van der Waals surface area (Å²) in [6.07, 6.45) is -2.39. The average Bonchev–Trinajstić information content (AvgIpc) is 3.37. The van der Waals surface area contributed by atoms with Crippen LogP contribution < -0.4 is 10.6 Å². The quantitative estimate of drug-likeness (QED) is 0.394. The molecule has 0 unspecified atom stereocenters. The smallest absolute Gasteiger partial charge is 0.362 e. The van der Waals surface area contributed by atoms with Gasteiger partial charge in [0.05, 0.1) is 21.4 Å². The van der Waals surface area contributed by atoms with Crippen LogP contribution in [0.25, 0.3) is 0 Å². The van der Waals surface area contributed by atoms with E-state index in [1.165, 1.54) is 4.68 Å². The molecule has 152 valence electrons. The molecule has 3 rings (SSSR count). The molecule has 11 heteroatoms. The van der Waals surface area contributed by atoms with Crippen LogP contribution in [0, 0.1) is 0 Å². The van der Waals surface area contributed by atoms with E-state index in [9.17, 15) is 13.2 Å². The van der Waals surface area contributed by atoms with Crippen LogP contribution in [-0.4, -0.2) is 21.4 Å². The largest absolute Gasteiger partial charge is 0.436 e. The van der Waals surface area contributed by atoms with Crippen LogP contribution in [0.5, 0.6) is 0 Å².